The van der Waals surface area contributed by atoms with Gasteiger partial charge in [-0.2, -0.15) is 0 Å². The molecule has 0 amide bonds. The molecule has 0 aliphatic carbocycles. The van der Waals surface area contributed by atoms with E-state index in [1.807, 2.05) is 37.3 Å². The van der Waals surface area contributed by atoms with E-state index in [9.17, 15) is 0 Å². The molecule has 2 aromatic rings. The second-order valence-corrected chi connectivity index (χ2v) is 5.16. The summed E-state index contributed by atoms with van der Waals surface area (Å²) in [6, 6.07) is 16.2. The Labute approximate surface area is 150 Å². The van der Waals surface area contributed by atoms with Crippen LogP contribution >= 0.6 is 12.4 Å². The molecule has 24 heavy (non-hydrogen) atoms. The largest absolute Gasteiger partial charge is 0.490 e. The molecule has 1 N–H and O–H groups in total. The molecule has 0 bridgehead atoms. The number of rotatable bonds is 10. The summed E-state index contributed by atoms with van der Waals surface area (Å²) in [5.74, 6) is 1.56. The van der Waals surface area contributed by atoms with Gasteiger partial charge in [0.1, 0.15) is 6.61 Å². The van der Waals surface area contributed by atoms with E-state index in [2.05, 4.69) is 23.5 Å². The zero-order valence-electron chi connectivity index (χ0n) is 14.3. The first-order valence-corrected chi connectivity index (χ1v) is 7.95. The Morgan fingerprint density at radius 1 is 0.917 bits per heavy atom. The number of benzene rings is 2. The smallest absolute Gasteiger partial charge is 0.161 e. The van der Waals surface area contributed by atoms with Gasteiger partial charge in [-0.1, -0.05) is 36.4 Å². The highest BCUT2D eigenvalue weighted by atomic mass is 35.5. The fraction of sp³-hybridized carbons (Fsp3) is 0.368. The Kier molecular flexibility index (Phi) is 9.92. The minimum atomic E-state index is 0. The monoisotopic (exact) mass is 351 g/mol. The zero-order chi connectivity index (χ0) is 16.3. The van der Waals surface area contributed by atoms with Gasteiger partial charge in [-0.3, -0.25) is 0 Å². The quantitative estimate of drug-likeness (QED) is 0.660. The lowest BCUT2D eigenvalue weighted by Gasteiger charge is -2.14. The number of nitrogens with one attached hydrogen (secondary N) is 1. The van der Waals surface area contributed by atoms with Gasteiger partial charge in [0.2, 0.25) is 0 Å². The van der Waals surface area contributed by atoms with Gasteiger partial charge in [-0.25, -0.2) is 0 Å². The molecule has 0 fully saturated rings. The van der Waals surface area contributed by atoms with Crippen molar-refractivity contribution in [2.75, 3.05) is 26.9 Å². The number of hydrogen-bond donors (Lipinski definition) is 1. The van der Waals surface area contributed by atoms with Gasteiger partial charge < -0.3 is 19.5 Å². The molecular weight excluding hydrogens is 326 g/mol. The number of ether oxygens (including phenoxy) is 3. The van der Waals surface area contributed by atoms with Crippen LogP contribution in [0.15, 0.2) is 48.5 Å². The minimum Gasteiger partial charge on any atom is -0.490 e. The lowest BCUT2D eigenvalue weighted by Crippen LogP contribution is -2.18. The summed E-state index contributed by atoms with van der Waals surface area (Å²) in [6.07, 6.45) is 0. The molecule has 2 aromatic carbocycles. The molecule has 2 rings (SSSR count). The van der Waals surface area contributed by atoms with Gasteiger partial charge in [0.25, 0.3) is 0 Å². The SMILES string of the molecule is CCOc1cc(CNCCOC)ccc1OCc1ccccc1.Cl. The Morgan fingerprint density at radius 3 is 2.42 bits per heavy atom. The van der Waals surface area contributed by atoms with Gasteiger partial charge in [-0.15, -0.1) is 12.4 Å². The van der Waals surface area contributed by atoms with E-state index >= 15 is 0 Å². The van der Waals surface area contributed by atoms with Crippen LogP contribution in [0.4, 0.5) is 0 Å². The van der Waals surface area contributed by atoms with Gasteiger partial charge in [-0.05, 0) is 30.2 Å². The van der Waals surface area contributed by atoms with Crippen molar-refractivity contribution in [3.63, 3.8) is 0 Å². The molecular formula is C19H26ClNO3. The standard InChI is InChI=1S/C19H25NO3.ClH/c1-3-22-19-13-17(14-20-11-12-21-2)9-10-18(19)23-15-16-7-5-4-6-8-16;/h4-10,13,20H,3,11-12,14-15H2,1-2H3;1H. The van der Waals surface area contributed by atoms with Gasteiger partial charge in [0.15, 0.2) is 11.5 Å². The third-order valence-corrected chi connectivity index (χ3v) is 3.36. The Bertz CT molecular complexity index is 578. The van der Waals surface area contributed by atoms with Crippen LogP contribution in [0.1, 0.15) is 18.1 Å². The normalized spacial score (nSPS) is 10.1. The van der Waals surface area contributed by atoms with Crippen LogP contribution < -0.4 is 14.8 Å². The second kappa shape index (κ2) is 11.7. The Hall–Kier alpha value is -1.75. The van der Waals surface area contributed by atoms with Crippen molar-refractivity contribution in [1.82, 2.24) is 5.32 Å². The van der Waals surface area contributed by atoms with Crippen molar-refractivity contribution in [1.29, 1.82) is 0 Å². The van der Waals surface area contributed by atoms with E-state index in [4.69, 9.17) is 14.2 Å². The van der Waals surface area contributed by atoms with Gasteiger partial charge >= 0.3 is 0 Å². The molecule has 0 spiro atoms. The van der Waals surface area contributed by atoms with Crippen molar-refractivity contribution in [2.24, 2.45) is 0 Å². The Balaban J connectivity index is 0.00000288. The fourth-order valence-electron chi connectivity index (χ4n) is 2.19. The zero-order valence-corrected chi connectivity index (χ0v) is 15.1. The van der Waals surface area contributed by atoms with Crippen LogP contribution in [-0.4, -0.2) is 26.9 Å². The molecule has 0 heterocycles. The number of hydrogen-bond acceptors (Lipinski definition) is 4. The summed E-state index contributed by atoms with van der Waals surface area (Å²) in [5, 5.41) is 3.33. The van der Waals surface area contributed by atoms with Crippen LogP contribution in [0.25, 0.3) is 0 Å². The molecule has 0 radical (unpaired) electrons. The first-order valence-electron chi connectivity index (χ1n) is 7.95. The summed E-state index contributed by atoms with van der Waals surface area (Å²) in [5.41, 5.74) is 2.30. The van der Waals surface area contributed by atoms with Crippen molar-refractivity contribution >= 4 is 12.4 Å². The van der Waals surface area contributed by atoms with E-state index in [-0.39, 0.29) is 12.4 Å². The molecule has 5 heteroatoms. The third-order valence-electron chi connectivity index (χ3n) is 3.36. The average molecular weight is 352 g/mol. The maximum Gasteiger partial charge on any atom is 0.161 e. The van der Waals surface area contributed by atoms with E-state index in [0.717, 1.165) is 35.7 Å². The molecule has 0 unspecified atom stereocenters. The molecule has 4 nitrogen and oxygen atoms in total. The average Bonchev–Trinajstić information content (AvgIpc) is 2.59. The van der Waals surface area contributed by atoms with Gasteiger partial charge in [0, 0.05) is 20.2 Å². The molecule has 0 saturated carbocycles. The van der Waals surface area contributed by atoms with E-state index < -0.39 is 0 Å². The molecule has 0 saturated heterocycles. The third kappa shape index (κ3) is 6.79. The van der Waals surface area contributed by atoms with E-state index in [1.165, 1.54) is 0 Å². The topological polar surface area (TPSA) is 39.7 Å². The van der Waals surface area contributed by atoms with E-state index in [0.29, 0.717) is 19.8 Å². The first kappa shape index (κ1) is 20.3. The number of halogens is 1. The summed E-state index contributed by atoms with van der Waals surface area (Å²) in [4.78, 5) is 0. The number of methoxy groups -OCH3 is 1. The molecule has 132 valence electrons. The first-order chi connectivity index (χ1) is 11.3. The minimum absolute atomic E-state index is 0. The van der Waals surface area contributed by atoms with Crippen LogP contribution in [-0.2, 0) is 17.9 Å². The van der Waals surface area contributed by atoms with Gasteiger partial charge in [0.05, 0.1) is 13.2 Å². The fourth-order valence-corrected chi connectivity index (χ4v) is 2.19. The summed E-state index contributed by atoms with van der Waals surface area (Å²) in [6.45, 7) is 5.44. The van der Waals surface area contributed by atoms with Crippen LogP contribution in [0.2, 0.25) is 0 Å². The highest BCUT2D eigenvalue weighted by molar-refractivity contribution is 5.85. The maximum atomic E-state index is 5.91. The van der Waals surface area contributed by atoms with Crippen LogP contribution in [0, 0.1) is 0 Å². The van der Waals surface area contributed by atoms with E-state index in [1.54, 1.807) is 7.11 Å². The highest BCUT2D eigenvalue weighted by Crippen LogP contribution is 2.29. The predicted octanol–water partition coefficient (Wildman–Crippen LogP) is 3.82. The molecule has 0 aromatic heterocycles. The summed E-state index contributed by atoms with van der Waals surface area (Å²) in [7, 11) is 1.70. The van der Waals surface area contributed by atoms with Crippen molar-refractivity contribution in [3.05, 3.63) is 59.7 Å². The van der Waals surface area contributed by atoms with Crippen LogP contribution in [0.3, 0.4) is 0 Å². The summed E-state index contributed by atoms with van der Waals surface area (Å²) >= 11 is 0. The second-order valence-electron chi connectivity index (χ2n) is 5.16. The van der Waals surface area contributed by atoms with Crippen LogP contribution in [0.5, 0.6) is 11.5 Å². The molecule has 0 atom stereocenters. The Morgan fingerprint density at radius 2 is 1.71 bits per heavy atom. The maximum absolute atomic E-state index is 5.91. The molecule has 0 aliphatic rings. The summed E-state index contributed by atoms with van der Waals surface area (Å²) < 4.78 is 16.7. The molecule has 0 aliphatic heterocycles. The lowest BCUT2D eigenvalue weighted by molar-refractivity contribution is 0.199. The van der Waals surface area contributed by atoms with Crippen molar-refractivity contribution in [2.45, 2.75) is 20.1 Å². The lowest BCUT2D eigenvalue weighted by atomic mass is 10.2. The predicted molar refractivity (Wildman–Crippen MR) is 99.2 cm³/mol. The highest BCUT2D eigenvalue weighted by Gasteiger charge is 2.07. The van der Waals surface area contributed by atoms with Crippen molar-refractivity contribution in [3.8, 4) is 11.5 Å². The van der Waals surface area contributed by atoms with Crippen molar-refractivity contribution < 1.29 is 14.2 Å².